The van der Waals surface area contributed by atoms with Crippen LogP contribution in [0, 0.1) is 0 Å². The highest BCUT2D eigenvalue weighted by Crippen LogP contribution is 2.41. The van der Waals surface area contributed by atoms with Crippen LogP contribution in [-0.4, -0.2) is 79.1 Å². The molecule has 4 N–H and O–H groups in total. The number of aliphatic carboxylic acids is 1. The fourth-order valence-corrected chi connectivity index (χ4v) is 7.66. The van der Waals surface area contributed by atoms with Gasteiger partial charge >= 0.3 is 5.97 Å². The molecule has 2 atom stereocenters. The topological polar surface area (TPSA) is 160 Å². The third-order valence-corrected chi connectivity index (χ3v) is 10.3. The molecule has 4 heterocycles. The first-order valence-electron chi connectivity index (χ1n) is 15.1. The van der Waals surface area contributed by atoms with E-state index in [0.717, 1.165) is 10.5 Å². The van der Waals surface area contributed by atoms with Crippen LogP contribution in [0.15, 0.2) is 107 Å². The molecule has 246 valence electrons. The van der Waals surface area contributed by atoms with Gasteiger partial charge in [-0.15, -0.1) is 23.5 Å². The summed E-state index contributed by atoms with van der Waals surface area (Å²) >= 11 is 2.71. The average Bonchev–Trinajstić information content (AvgIpc) is 3.42. The van der Waals surface area contributed by atoms with Crippen LogP contribution < -0.4 is 15.2 Å². The van der Waals surface area contributed by atoms with Gasteiger partial charge < -0.3 is 25.7 Å². The van der Waals surface area contributed by atoms with E-state index in [4.69, 9.17) is 0 Å². The smallest absolute Gasteiger partial charge is 0.352 e. The Labute approximate surface area is 284 Å². The van der Waals surface area contributed by atoms with E-state index in [1.54, 1.807) is 40.1 Å². The van der Waals surface area contributed by atoms with Gasteiger partial charge in [-0.1, -0.05) is 18.2 Å². The Bertz CT molecular complexity index is 1810. The molecule has 0 unspecified atom stereocenters. The number of hydrogen-bond donors (Lipinski definition) is 4. The Hall–Kier alpha value is -5.08. The summed E-state index contributed by atoms with van der Waals surface area (Å²) in [5, 5.41) is 24.4. The monoisotopic (exact) mass is 686 g/mol. The lowest BCUT2D eigenvalue weighted by Gasteiger charge is -2.49. The van der Waals surface area contributed by atoms with Crippen LogP contribution in [0.5, 0.6) is 5.75 Å². The number of fused-ring (bicyclic) bond motifs is 1. The molecule has 12 nitrogen and oxygen atoms in total. The molecule has 14 heteroatoms. The zero-order valence-electron chi connectivity index (χ0n) is 25.6. The minimum atomic E-state index is -1.26. The number of allylic oxidation sites excluding steroid dienone is 1. The molecular formula is C34H32N5O7S2+. The molecule has 2 fully saturated rings. The van der Waals surface area contributed by atoms with E-state index in [1.165, 1.54) is 40.6 Å². The Kier molecular flexibility index (Phi) is 9.82. The van der Waals surface area contributed by atoms with E-state index in [-0.39, 0.29) is 47.2 Å². The Morgan fingerprint density at radius 1 is 1.00 bits per heavy atom. The van der Waals surface area contributed by atoms with Crippen molar-refractivity contribution in [1.29, 1.82) is 0 Å². The number of phenols is 1. The summed E-state index contributed by atoms with van der Waals surface area (Å²) in [6.07, 6.45) is 5.53. The molecule has 2 saturated heterocycles. The molecule has 3 aliphatic heterocycles. The summed E-state index contributed by atoms with van der Waals surface area (Å²) in [6.45, 7) is 0.876. The van der Waals surface area contributed by atoms with Crippen molar-refractivity contribution in [1.82, 2.24) is 15.1 Å². The van der Waals surface area contributed by atoms with Crippen LogP contribution in [0.25, 0.3) is 0 Å². The quantitative estimate of drug-likeness (QED) is 0.0782. The second kappa shape index (κ2) is 14.4. The number of thioether (sulfide) groups is 2. The van der Waals surface area contributed by atoms with Crippen molar-refractivity contribution in [3.05, 3.63) is 108 Å². The van der Waals surface area contributed by atoms with Crippen molar-refractivity contribution in [2.24, 2.45) is 0 Å². The van der Waals surface area contributed by atoms with Crippen LogP contribution in [0.1, 0.15) is 12.0 Å². The van der Waals surface area contributed by atoms with Gasteiger partial charge in [-0.25, -0.2) is 4.79 Å². The lowest BCUT2D eigenvalue weighted by atomic mass is 10.0. The maximum Gasteiger partial charge on any atom is 0.352 e. The maximum atomic E-state index is 13.3. The number of likely N-dealkylation sites (tertiary alicyclic amines) is 1. The van der Waals surface area contributed by atoms with Crippen molar-refractivity contribution >= 4 is 58.8 Å². The number of pyridine rings is 1. The zero-order chi connectivity index (χ0) is 33.8. The first-order valence-corrected chi connectivity index (χ1v) is 17.1. The molecular weight excluding hydrogens is 655 g/mol. The Balaban J connectivity index is 1.04. The number of amides is 4. The number of nitrogens with one attached hydrogen (secondary N) is 2. The molecule has 3 aromatic rings. The van der Waals surface area contributed by atoms with E-state index in [0.29, 0.717) is 36.3 Å². The van der Waals surface area contributed by atoms with Gasteiger partial charge in [-0.3, -0.25) is 24.1 Å². The summed E-state index contributed by atoms with van der Waals surface area (Å²) in [4.78, 5) is 67.5. The van der Waals surface area contributed by atoms with Crippen molar-refractivity contribution in [3.8, 4) is 5.75 Å². The van der Waals surface area contributed by atoms with Crippen LogP contribution in [0.4, 0.5) is 5.69 Å². The van der Waals surface area contributed by atoms with Crippen LogP contribution >= 0.6 is 23.5 Å². The number of rotatable bonds is 11. The number of aromatic hydroxyl groups is 1. The Morgan fingerprint density at radius 3 is 2.44 bits per heavy atom. The third kappa shape index (κ3) is 7.39. The minimum absolute atomic E-state index is 0.0799. The number of benzene rings is 2. The summed E-state index contributed by atoms with van der Waals surface area (Å²) in [5.41, 5.74) is 2.13. The normalized spacial score (nSPS) is 19.6. The molecule has 0 radical (unpaired) electrons. The van der Waals surface area contributed by atoms with E-state index in [2.05, 4.69) is 10.6 Å². The van der Waals surface area contributed by atoms with Crippen molar-refractivity contribution < 1.29 is 38.8 Å². The molecule has 1 aromatic heterocycles. The fraction of sp³-hybridized carbons (Fsp3) is 0.235. The maximum absolute atomic E-state index is 13.3. The lowest BCUT2D eigenvalue weighted by Crippen LogP contribution is -2.70. The SMILES string of the molecule is O=C(C[n+]1ccc(CN2CC/C(=C\C3=C(C(=O)O)N4C(=O)[C@@H](NC(=O)CSc5ccccc5)[C@H]4SC3)C2=O)cc1)Nc1ccc(O)cc1. The highest BCUT2D eigenvalue weighted by Gasteiger charge is 2.54. The van der Waals surface area contributed by atoms with E-state index in [9.17, 15) is 34.2 Å². The minimum Gasteiger partial charge on any atom is -0.508 e. The molecule has 0 saturated carbocycles. The highest BCUT2D eigenvalue weighted by atomic mass is 32.2. The van der Waals surface area contributed by atoms with Gasteiger partial charge in [-0.05, 0) is 60.0 Å². The predicted molar refractivity (Wildman–Crippen MR) is 178 cm³/mol. The lowest BCUT2D eigenvalue weighted by molar-refractivity contribution is -0.684. The van der Waals surface area contributed by atoms with Crippen molar-refractivity contribution in [3.63, 3.8) is 0 Å². The van der Waals surface area contributed by atoms with Crippen LogP contribution in [0.2, 0.25) is 0 Å². The third-order valence-electron chi connectivity index (χ3n) is 8.00. The number of carbonyl (C=O) groups excluding carboxylic acids is 4. The highest BCUT2D eigenvalue weighted by molar-refractivity contribution is 8.00. The molecule has 0 aliphatic carbocycles. The fourth-order valence-electron chi connectivity index (χ4n) is 5.63. The van der Waals surface area contributed by atoms with Gasteiger partial charge in [0.1, 0.15) is 22.9 Å². The number of carboxylic acids is 1. The predicted octanol–water partition coefficient (Wildman–Crippen LogP) is 2.51. The molecule has 48 heavy (non-hydrogen) atoms. The van der Waals surface area contributed by atoms with E-state index >= 15 is 0 Å². The first-order chi connectivity index (χ1) is 23.2. The van der Waals surface area contributed by atoms with Crippen LogP contribution in [0.3, 0.4) is 0 Å². The largest absolute Gasteiger partial charge is 0.508 e. The number of carboxylic acid groups (broad SMARTS) is 1. The van der Waals surface area contributed by atoms with Gasteiger partial charge in [0, 0.05) is 47.1 Å². The molecule has 0 spiro atoms. The second-order valence-corrected chi connectivity index (χ2v) is 13.5. The van der Waals surface area contributed by atoms with Gasteiger partial charge in [0.2, 0.25) is 18.4 Å². The molecule has 6 rings (SSSR count). The standard InChI is InChI=1S/C34H31N5O7S2/c40-25-8-6-24(7-9-25)35-27(41)18-37-13-10-21(11-14-37)17-38-15-12-22(31(38)43)16-23-19-48-33-29(32(44)39(33)30(23)34(45)46)36-28(42)20-47-26-4-2-1-3-5-26/h1-11,13-14,16,29,33H,12,15,17-20H2,(H3-,35,36,40,41,42,45,46)/p+1/b22-16+/t29-,33-/m1/s1. The first kappa shape index (κ1) is 32.8. The van der Waals surface area contributed by atoms with Crippen LogP contribution in [-0.2, 0) is 37.1 Å². The average molecular weight is 687 g/mol. The van der Waals surface area contributed by atoms with Crippen molar-refractivity contribution in [2.75, 3.05) is 23.4 Å². The number of β-lactam (4-membered cyclic amide) rings is 1. The second-order valence-electron chi connectivity index (χ2n) is 11.4. The number of nitrogens with zero attached hydrogens (tertiary/aromatic N) is 3. The molecule has 0 bridgehead atoms. The summed E-state index contributed by atoms with van der Waals surface area (Å²) in [7, 11) is 0. The van der Waals surface area contributed by atoms with E-state index < -0.39 is 23.3 Å². The summed E-state index contributed by atoms with van der Waals surface area (Å²) < 4.78 is 1.71. The molecule has 3 aliphatic rings. The van der Waals surface area contributed by atoms with Gasteiger partial charge in [0.05, 0.1) is 5.75 Å². The molecule has 4 amide bonds. The summed E-state index contributed by atoms with van der Waals surface area (Å²) in [6, 6.07) is 18.5. The van der Waals surface area contributed by atoms with Crippen molar-refractivity contribution in [2.45, 2.75) is 35.8 Å². The number of anilines is 1. The zero-order valence-corrected chi connectivity index (χ0v) is 27.2. The summed E-state index contributed by atoms with van der Waals surface area (Å²) in [5.74, 6) is -1.98. The number of carbonyl (C=O) groups is 5. The van der Waals surface area contributed by atoms with Gasteiger partial charge in [0.15, 0.2) is 12.4 Å². The Morgan fingerprint density at radius 2 is 1.73 bits per heavy atom. The van der Waals surface area contributed by atoms with E-state index in [1.807, 2.05) is 42.5 Å². The number of aromatic nitrogens is 1. The van der Waals surface area contributed by atoms with Gasteiger partial charge in [-0.2, -0.15) is 4.57 Å². The van der Waals surface area contributed by atoms with Gasteiger partial charge in [0.25, 0.3) is 11.8 Å². The number of hydrogen-bond acceptors (Lipinski definition) is 8. The number of phenolic OH excluding ortho intramolecular Hbond substituents is 1. The molecule has 2 aromatic carbocycles.